The van der Waals surface area contributed by atoms with Gasteiger partial charge in [-0.25, -0.2) is 0 Å². The molecule has 6 heteroatoms. The quantitative estimate of drug-likeness (QED) is 0.655. The number of aromatic nitrogens is 2. The molecule has 2 aliphatic heterocycles. The Hall–Kier alpha value is -1.98. The van der Waals surface area contributed by atoms with Crippen LogP contribution in [0, 0.1) is 4.91 Å². The summed E-state index contributed by atoms with van der Waals surface area (Å²) in [5.41, 5.74) is 3.62. The summed E-state index contributed by atoms with van der Waals surface area (Å²) >= 11 is 0. The second kappa shape index (κ2) is 2.50. The van der Waals surface area contributed by atoms with Crippen molar-refractivity contribution in [1.82, 2.24) is 15.1 Å². The molecule has 1 aromatic rings. The van der Waals surface area contributed by atoms with Gasteiger partial charge in [0, 0.05) is 5.56 Å². The monoisotopic (exact) mass is 189 g/mol. The molecular weight excluding hydrogens is 182 g/mol. The zero-order chi connectivity index (χ0) is 9.54. The molecule has 0 spiro atoms. The van der Waals surface area contributed by atoms with Gasteiger partial charge in [0.05, 0.1) is 36.0 Å². The van der Waals surface area contributed by atoms with E-state index in [-0.39, 0.29) is 0 Å². The van der Waals surface area contributed by atoms with E-state index >= 15 is 0 Å². The number of hydrogen-bond donors (Lipinski definition) is 1. The Kier molecular flexibility index (Phi) is 1.33. The van der Waals surface area contributed by atoms with Gasteiger partial charge in [0.2, 0.25) is 0 Å². The zero-order valence-electron chi connectivity index (χ0n) is 7.27. The normalized spacial score (nSPS) is 21.0. The van der Waals surface area contributed by atoms with Crippen LogP contribution in [-0.4, -0.2) is 34.0 Å². The van der Waals surface area contributed by atoms with Crippen LogP contribution in [0.25, 0.3) is 5.70 Å². The van der Waals surface area contributed by atoms with Gasteiger partial charge in [0.25, 0.3) is 0 Å². The molecular formula is C8H7N5O. The summed E-state index contributed by atoms with van der Waals surface area (Å²) < 4.78 is 0. The predicted octanol–water partition coefficient (Wildman–Crippen LogP) is 0.550. The fourth-order valence-corrected chi connectivity index (χ4v) is 1.84. The van der Waals surface area contributed by atoms with E-state index in [0.717, 1.165) is 29.2 Å². The molecule has 70 valence electrons. The van der Waals surface area contributed by atoms with Gasteiger partial charge in [-0.15, -0.1) is 4.91 Å². The van der Waals surface area contributed by atoms with E-state index in [1.54, 1.807) is 6.20 Å². The largest absolute Gasteiger partial charge is 0.343 e. The van der Waals surface area contributed by atoms with Crippen LogP contribution < -0.4 is 0 Å². The Balaban J connectivity index is 2.23. The highest BCUT2D eigenvalue weighted by Gasteiger charge is 2.30. The minimum Gasteiger partial charge on any atom is -0.343 e. The van der Waals surface area contributed by atoms with Gasteiger partial charge in [0.1, 0.15) is 6.67 Å². The van der Waals surface area contributed by atoms with Gasteiger partial charge >= 0.3 is 0 Å². The van der Waals surface area contributed by atoms with Gasteiger partial charge in [-0.2, -0.15) is 5.10 Å². The van der Waals surface area contributed by atoms with E-state index in [0.29, 0.717) is 6.67 Å². The summed E-state index contributed by atoms with van der Waals surface area (Å²) in [5, 5.41) is 9.59. The lowest BCUT2D eigenvalue weighted by molar-refractivity contribution is 0.490. The summed E-state index contributed by atoms with van der Waals surface area (Å²) in [7, 11) is 0. The molecule has 0 fully saturated rings. The lowest BCUT2D eigenvalue weighted by Crippen LogP contribution is -2.27. The van der Waals surface area contributed by atoms with E-state index in [1.165, 1.54) is 6.20 Å². The summed E-state index contributed by atoms with van der Waals surface area (Å²) in [4.78, 5) is 16.6. The number of nitroso groups, excluding NO2 is 1. The highest BCUT2D eigenvalue weighted by Crippen LogP contribution is 2.30. The lowest BCUT2D eigenvalue weighted by Gasteiger charge is -2.23. The molecule has 6 nitrogen and oxygen atoms in total. The van der Waals surface area contributed by atoms with Crippen molar-refractivity contribution in [3.8, 4) is 0 Å². The van der Waals surface area contributed by atoms with E-state index in [1.807, 2.05) is 4.90 Å². The van der Waals surface area contributed by atoms with Gasteiger partial charge < -0.3 is 4.90 Å². The number of nitrogens with zero attached hydrogens (tertiary/aromatic N) is 4. The van der Waals surface area contributed by atoms with Crippen molar-refractivity contribution in [1.29, 1.82) is 0 Å². The number of fused-ring (bicyclic) bond motifs is 4. The van der Waals surface area contributed by atoms with Crippen LogP contribution in [0.1, 0.15) is 11.3 Å². The molecule has 0 aromatic carbocycles. The van der Waals surface area contributed by atoms with E-state index in [9.17, 15) is 4.91 Å². The Morgan fingerprint density at radius 1 is 1.64 bits per heavy atom. The van der Waals surface area contributed by atoms with Crippen LogP contribution in [-0.2, 0) is 0 Å². The van der Waals surface area contributed by atoms with Crippen molar-refractivity contribution in [2.24, 2.45) is 10.2 Å². The molecule has 14 heavy (non-hydrogen) atoms. The molecule has 0 aliphatic carbocycles. The molecule has 3 heterocycles. The van der Waals surface area contributed by atoms with Gasteiger partial charge in [-0.3, -0.25) is 10.1 Å². The maximum Gasteiger partial charge on any atom is 0.111 e. The number of hydrogen-bond acceptors (Lipinski definition) is 5. The van der Waals surface area contributed by atoms with Crippen molar-refractivity contribution in [3.63, 3.8) is 0 Å². The summed E-state index contributed by atoms with van der Waals surface area (Å²) in [6.45, 7) is 1.34. The van der Waals surface area contributed by atoms with Crippen LogP contribution in [0.4, 0.5) is 0 Å². The highest BCUT2D eigenvalue weighted by molar-refractivity contribution is 6.08. The standard InChI is InChI=1S/C8H7N5O/c14-11-2-7-8-5(1-10-12-8)6-3-13(7)4-9-6/h1-2H,3-4H2,(H,10,12). The molecule has 0 saturated heterocycles. The topological polar surface area (TPSA) is 73.7 Å². The Bertz CT molecular complexity index is 458. The van der Waals surface area contributed by atoms with Crippen molar-refractivity contribution < 1.29 is 0 Å². The minimum atomic E-state index is 0.596. The number of rotatable bonds is 1. The van der Waals surface area contributed by atoms with Crippen molar-refractivity contribution in [3.05, 3.63) is 28.6 Å². The van der Waals surface area contributed by atoms with Crippen LogP contribution in [0.5, 0.6) is 0 Å². The summed E-state index contributed by atoms with van der Waals surface area (Å²) in [6.07, 6.45) is 3.03. The number of nitrogens with one attached hydrogen (secondary N) is 1. The Morgan fingerprint density at radius 3 is 3.43 bits per heavy atom. The predicted molar refractivity (Wildman–Crippen MR) is 50.5 cm³/mol. The van der Waals surface area contributed by atoms with Gasteiger partial charge in [-0.05, 0) is 5.18 Å². The zero-order valence-corrected chi connectivity index (χ0v) is 7.27. The Labute approximate surface area is 79.3 Å². The number of aliphatic imine (C=N–C) groups is 1. The first-order valence-electron chi connectivity index (χ1n) is 4.25. The smallest absolute Gasteiger partial charge is 0.111 e. The molecule has 2 aliphatic rings. The second-order valence-electron chi connectivity index (χ2n) is 3.22. The first kappa shape index (κ1) is 7.43. The summed E-state index contributed by atoms with van der Waals surface area (Å²) in [5.74, 6) is 0. The average molecular weight is 189 g/mol. The van der Waals surface area contributed by atoms with E-state index in [2.05, 4.69) is 20.4 Å². The minimum absolute atomic E-state index is 0.596. The Morgan fingerprint density at radius 2 is 2.57 bits per heavy atom. The fraction of sp³-hybridized carbons (Fsp3) is 0.250. The molecule has 3 rings (SSSR count). The third-order valence-corrected chi connectivity index (χ3v) is 2.49. The molecule has 0 amide bonds. The average Bonchev–Trinajstić information content (AvgIpc) is 2.81. The fourth-order valence-electron chi connectivity index (χ4n) is 1.84. The SMILES string of the molecule is O=NC=C1c2[nH]ncc2C2=NCN1C2. The number of aromatic amines is 1. The molecule has 0 atom stereocenters. The van der Waals surface area contributed by atoms with Gasteiger partial charge in [-0.1, -0.05) is 0 Å². The molecule has 1 aromatic heterocycles. The maximum absolute atomic E-state index is 10.3. The van der Waals surface area contributed by atoms with Crippen molar-refractivity contribution in [2.75, 3.05) is 13.2 Å². The molecule has 0 unspecified atom stereocenters. The lowest BCUT2D eigenvalue weighted by atomic mass is 10.1. The molecule has 1 N–H and O–H groups in total. The summed E-state index contributed by atoms with van der Waals surface area (Å²) in [6, 6.07) is 0. The van der Waals surface area contributed by atoms with Crippen molar-refractivity contribution >= 4 is 11.4 Å². The maximum atomic E-state index is 10.3. The second-order valence-corrected chi connectivity index (χ2v) is 3.22. The van der Waals surface area contributed by atoms with Gasteiger partial charge in [0.15, 0.2) is 0 Å². The molecule has 0 radical (unpaired) electrons. The molecule has 0 saturated carbocycles. The molecule has 2 bridgehead atoms. The van der Waals surface area contributed by atoms with Crippen LogP contribution in [0.15, 0.2) is 22.6 Å². The third-order valence-electron chi connectivity index (χ3n) is 2.49. The van der Waals surface area contributed by atoms with Crippen molar-refractivity contribution in [2.45, 2.75) is 0 Å². The first-order chi connectivity index (χ1) is 6.90. The van der Waals surface area contributed by atoms with Crippen LogP contribution >= 0.6 is 0 Å². The third kappa shape index (κ3) is 0.795. The van der Waals surface area contributed by atoms with E-state index < -0.39 is 0 Å². The number of H-pyrrole nitrogens is 1. The van der Waals surface area contributed by atoms with Crippen LogP contribution in [0.2, 0.25) is 0 Å². The van der Waals surface area contributed by atoms with Crippen LogP contribution in [0.3, 0.4) is 0 Å². The first-order valence-corrected chi connectivity index (χ1v) is 4.25. The highest BCUT2D eigenvalue weighted by atomic mass is 16.2. The van der Waals surface area contributed by atoms with E-state index in [4.69, 9.17) is 0 Å².